The van der Waals surface area contributed by atoms with Gasteiger partial charge in [0.2, 0.25) is 12.8 Å². The number of hydrogen-bond acceptors (Lipinski definition) is 1. The minimum Gasteiger partial charge on any atom is -0.0839 e. The monoisotopic (exact) mass is 133 g/mol. The van der Waals surface area contributed by atoms with E-state index < -0.39 is 0 Å². The van der Waals surface area contributed by atoms with Crippen LogP contribution >= 0.6 is 0 Å². The minimum absolute atomic E-state index is 0.989. The molecule has 0 saturated heterocycles. The Morgan fingerprint density at radius 2 is 2.20 bits per heavy atom. The number of hydrogen-bond donors (Lipinski definition) is 0. The van der Waals surface area contributed by atoms with E-state index in [0.29, 0.717) is 0 Å². The maximum atomic E-state index is 4.24. The van der Waals surface area contributed by atoms with E-state index in [4.69, 9.17) is 0 Å². The lowest BCUT2D eigenvalue weighted by atomic mass is 9.95. The fourth-order valence-corrected chi connectivity index (χ4v) is 1.48. The third-order valence-corrected chi connectivity index (χ3v) is 2.07. The number of rotatable bonds is 0. The van der Waals surface area contributed by atoms with Gasteiger partial charge in [0.15, 0.2) is 0 Å². The van der Waals surface area contributed by atoms with Gasteiger partial charge < -0.3 is 0 Å². The molecule has 0 aromatic heterocycles. The van der Waals surface area contributed by atoms with Gasteiger partial charge in [0.25, 0.3) is 0 Å². The first-order valence-corrected chi connectivity index (χ1v) is 3.85. The third kappa shape index (κ3) is 0.919. The second kappa shape index (κ2) is 2.41. The van der Waals surface area contributed by atoms with Gasteiger partial charge >= 0.3 is 0 Å². The molecule has 0 atom stereocenters. The highest BCUT2D eigenvalue weighted by atomic mass is 14.7. The van der Waals surface area contributed by atoms with Crippen LogP contribution in [0.3, 0.4) is 0 Å². The first-order valence-electron chi connectivity index (χ1n) is 3.85. The van der Waals surface area contributed by atoms with Crippen LogP contribution in [-0.4, -0.2) is 12.8 Å². The van der Waals surface area contributed by atoms with Crippen molar-refractivity contribution in [3.63, 3.8) is 0 Å². The van der Waals surface area contributed by atoms with Crippen molar-refractivity contribution >= 4 is 6.21 Å². The Bertz CT molecular complexity index is 197. The lowest BCUT2D eigenvalue weighted by molar-refractivity contribution is 0.846. The van der Waals surface area contributed by atoms with Gasteiger partial charge in [0.1, 0.15) is 0 Å². The van der Waals surface area contributed by atoms with Crippen molar-refractivity contribution in [1.82, 2.24) is 4.99 Å². The molecule has 1 aliphatic heterocycles. The molecule has 0 bridgehead atoms. The van der Waals surface area contributed by atoms with Gasteiger partial charge in [-0.05, 0) is 18.4 Å². The van der Waals surface area contributed by atoms with Crippen LogP contribution in [0, 0.1) is 0 Å². The Labute approximate surface area is 61.2 Å². The summed E-state index contributed by atoms with van der Waals surface area (Å²) in [5, 5.41) is 0. The third-order valence-electron chi connectivity index (χ3n) is 2.07. The highest BCUT2D eigenvalue weighted by Crippen LogP contribution is 2.20. The number of nitrogens with zero attached hydrogens (tertiary/aromatic N) is 1. The van der Waals surface area contributed by atoms with Crippen molar-refractivity contribution in [3.05, 3.63) is 23.3 Å². The van der Waals surface area contributed by atoms with Crippen LogP contribution in [0.4, 0.5) is 0 Å². The summed E-state index contributed by atoms with van der Waals surface area (Å²) in [6.45, 7) is 0.989. The van der Waals surface area contributed by atoms with Crippen LogP contribution in [0.2, 0.25) is 0 Å². The van der Waals surface area contributed by atoms with E-state index in [0.717, 1.165) is 13.0 Å². The fourth-order valence-electron chi connectivity index (χ4n) is 1.48. The Hall–Kier alpha value is -0.850. The van der Waals surface area contributed by atoms with Crippen molar-refractivity contribution < 1.29 is 0 Å². The van der Waals surface area contributed by atoms with E-state index in [1.165, 1.54) is 24.0 Å². The summed E-state index contributed by atoms with van der Waals surface area (Å²) in [4.78, 5) is 4.24. The summed E-state index contributed by atoms with van der Waals surface area (Å²) < 4.78 is 0. The molecule has 2 rings (SSSR count). The summed E-state index contributed by atoms with van der Waals surface area (Å²) in [6.07, 6.45) is 10.1. The zero-order chi connectivity index (χ0) is 6.81. The topological polar surface area (TPSA) is 14.1 Å². The van der Waals surface area contributed by atoms with Gasteiger partial charge in [0, 0.05) is 17.0 Å². The van der Waals surface area contributed by atoms with Gasteiger partial charge in [-0.15, -0.1) is 0 Å². The molecule has 1 radical (unpaired) electrons. The highest BCUT2D eigenvalue weighted by molar-refractivity contribution is 5.81. The molecule has 0 aromatic rings. The predicted molar refractivity (Wildman–Crippen MR) is 43.1 cm³/mol. The molecule has 1 heteroatoms. The molecule has 0 fully saturated rings. The van der Waals surface area contributed by atoms with Crippen molar-refractivity contribution in [2.75, 3.05) is 6.54 Å². The number of allylic oxidation sites excluding steroid dienone is 3. The largest absolute Gasteiger partial charge is 0.238 e. The van der Waals surface area contributed by atoms with Crippen LogP contribution in [0.25, 0.3) is 0 Å². The Morgan fingerprint density at radius 3 is 3.10 bits per heavy atom. The molecule has 1 heterocycles. The smallest absolute Gasteiger partial charge is 0.0839 e. The Kier molecular flexibility index (Phi) is 1.42. The van der Waals surface area contributed by atoms with Gasteiger partial charge in [0.05, 0.1) is 0 Å². The molecule has 0 N–H and O–H groups in total. The highest BCUT2D eigenvalue weighted by Gasteiger charge is 2.15. The molecule has 0 aromatic carbocycles. The SMILES string of the molecule is C1=CC2=C(C=[N+]CC2)CC1. The van der Waals surface area contributed by atoms with Crippen molar-refractivity contribution in [3.8, 4) is 0 Å². The molecule has 2 aliphatic rings. The molecular weight excluding hydrogens is 122 g/mol. The summed E-state index contributed by atoms with van der Waals surface area (Å²) in [7, 11) is 0. The summed E-state index contributed by atoms with van der Waals surface area (Å²) >= 11 is 0. The fraction of sp³-hybridized carbons (Fsp3) is 0.444. The summed E-state index contributed by atoms with van der Waals surface area (Å²) in [6, 6.07) is 0. The van der Waals surface area contributed by atoms with E-state index in [9.17, 15) is 0 Å². The maximum absolute atomic E-state index is 4.24. The predicted octanol–water partition coefficient (Wildman–Crippen LogP) is 1.44. The van der Waals surface area contributed by atoms with Crippen LogP contribution in [0.15, 0.2) is 23.3 Å². The number of dihydropyridines is 1. The Morgan fingerprint density at radius 1 is 1.20 bits per heavy atom. The van der Waals surface area contributed by atoms with Crippen molar-refractivity contribution in [1.29, 1.82) is 0 Å². The molecule has 0 unspecified atom stereocenters. The van der Waals surface area contributed by atoms with Crippen LogP contribution in [-0.2, 0) is 0 Å². The number of aliphatic imine (C=N–C) groups is 1. The van der Waals surface area contributed by atoms with E-state index in [-0.39, 0.29) is 0 Å². The van der Waals surface area contributed by atoms with Gasteiger partial charge in [-0.2, -0.15) is 0 Å². The van der Waals surface area contributed by atoms with Gasteiger partial charge in [-0.25, -0.2) is 0 Å². The zero-order valence-corrected chi connectivity index (χ0v) is 6.01. The lowest BCUT2D eigenvalue weighted by Crippen LogP contribution is -2.10. The maximum Gasteiger partial charge on any atom is 0.238 e. The average Bonchev–Trinajstić information content (AvgIpc) is 2.05. The van der Waals surface area contributed by atoms with E-state index in [2.05, 4.69) is 17.1 Å². The summed E-state index contributed by atoms with van der Waals surface area (Å²) in [5.41, 5.74) is 2.98. The molecule has 10 heavy (non-hydrogen) atoms. The van der Waals surface area contributed by atoms with Crippen molar-refractivity contribution in [2.45, 2.75) is 19.3 Å². The first-order chi connectivity index (χ1) is 4.97. The van der Waals surface area contributed by atoms with Crippen LogP contribution in [0.1, 0.15) is 19.3 Å². The minimum atomic E-state index is 0.989. The molecule has 0 amide bonds. The molecule has 0 spiro atoms. The lowest BCUT2D eigenvalue weighted by Gasteiger charge is -2.09. The quantitative estimate of drug-likeness (QED) is 0.475. The van der Waals surface area contributed by atoms with Gasteiger partial charge in [-0.1, -0.05) is 12.2 Å². The zero-order valence-electron chi connectivity index (χ0n) is 6.01. The molecular formula is C9H11N+. The molecule has 51 valence electrons. The van der Waals surface area contributed by atoms with Crippen LogP contribution < -0.4 is 4.99 Å². The first kappa shape index (κ1) is 5.90. The standard InChI is InChI=1S/C9H11N/c1-2-4-9-7-10-6-5-8(9)3-1/h1,3,7H,2,4-6H2/q+1. The second-order valence-electron chi connectivity index (χ2n) is 2.78. The molecule has 0 saturated carbocycles. The van der Waals surface area contributed by atoms with Gasteiger partial charge in [-0.3, -0.25) is 0 Å². The van der Waals surface area contributed by atoms with E-state index in [1.54, 1.807) is 0 Å². The van der Waals surface area contributed by atoms with Crippen LogP contribution in [0.5, 0.6) is 0 Å². The second-order valence-corrected chi connectivity index (χ2v) is 2.78. The summed E-state index contributed by atoms with van der Waals surface area (Å²) in [5.74, 6) is 0. The molecule has 1 nitrogen and oxygen atoms in total. The van der Waals surface area contributed by atoms with E-state index in [1.807, 2.05) is 6.21 Å². The molecule has 1 aliphatic carbocycles. The normalized spacial score (nSPS) is 23.2. The Balaban J connectivity index is 2.32. The van der Waals surface area contributed by atoms with Crippen molar-refractivity contribution in [2.24, 2.45) is 0 Å². The van der Waals surface area contributed by atoms with E-state index >= 15 is 0 Å². The average molecular weight is 133 g/mol.